The van der Waals surface area contributed by atoms with Gasteiger partial charge in [0.2, 0.25) is 0 Å². The summed E-state index contributed by atoms with van der Waals surface area (Å²) in [7, 11) is 0. The van der Waals surface area contributed by atoms with Gasteiger partial charge in [0.1, 0.15) is 11.9 Å². The van der Waals surface area contributed by atoms with Crippen molar-refractivity contribution in [2.75, 3.05) is 6.61 Å². The molecule has 0 aliphatic carbocycles. The van der Waals surface area contributed by atoms with E-state index in [4.69, 9.17) is 16.3 Å². The fourth-order valence-corrected chi connectivity index (χ4v) is 2.45. The number of rotatable bonds is 5. The first-order valence-corrected chi connectivity index (χ1v) is 7.16. The van der Waals surface area contributed by atoms with Crippen LogP contribution in [0, 0.1) is 6.92 Å². The molecule has 0 amide bonds. The van der Waals surface area contributed by atoms with E-state index in [1.165, 1.54) is 0 Å². The maximum Gasteiger partial charge on any atom is 0.125 e. The molecule has 0 aromatic heterocycles. The average Bonchev–Trinajstić information content (AvgIpc) is 2.43. The van der Waals surface area contributed by atoms with Crippen LogP contribution in [-0.2, 0) is 0 Å². The van der Waals surface area contributed by atoms with Gasteiger partial charge in [-0.05, 0) is 42.7 Å². The summed E-state index contributed by atoms with van der Waals surface area (Å²) in [6.45, 7) is 4.65. The lowest BCUT2D eigenvalue weighted by molar-refractivity contribution is 0.210. The largest absolute Gasteiger partial charge is 0.493 e. The van der Waals surface area contributed by atoms with E-state index in [0.717, 1.165) is 28.9 Å². The molecule has 0 heterocycles. The van der Waals surface area contributed by atoms with Crippen LogP contribution < -0.4 is 4.74 Å². The molecular formula is C17H19ClO2. The third-order valence-electron chi connectivity index (χ3n) is 3.06. The molecular weight excluding hydrogens is 272 g/mol. The van der Waals surface area contributed by atoms with Crippen molar-refractivity contribution >= 4 is 11.6 Å². The summed E-state index contributed by atoms with van der Waals surface area (Å²) < 4.78 is 5.70. The number of aryl methyl sites for hydroxylation is 1. The van der Waals surface area contributed by atoms with Crippen molar-refractivity contribution in [3.63, 3.8) is 0 Å². The second-order valence-corrected chi connectivity index (χ2v) is 5.29. The summed E-state index contributed by atoms with van der Waals surface area (Å²) in [4.78, 5) is 0. The minimum atomic E-state index is -0.736. The maximum atomic E-state index is 10.6. The number of para-hydroxylation sites is 1. The van der Waals surface area contributed by atoms with Crippen molar-refractivity contribution in [2.24, 2.45) is 0 Å². The van der Waals surface area contributed by atoms with E-state index in [1.807, 2.05) is 43.3 Å². The van der Waals surface area contributed by atoms with E-state index in [1.54, 1.807) is 6.07 Å². The highest BCUT2D eigenvalue weighted by molar-refractivity contribution is 6.30. The van der Waals surface area contributed by atoms with Crippen LogP contribution in [0.3, 0.4) is 0 Å². The number of halogens is 1. The molecule has 0 saturated carbocycles. The first kappa shape index (κ1) is 14.9. The molecule has 1 unspecified atom stereocenters. The number of ether oxygens (including phenoxy) is 1. The topological polar surface area (TPSA) is 29.5 Å². The van der Waals surface area contributed by atoms with Crippen LogP contribution in [0.5, 0.6) is 5.75 Å². The van der Waals surface area contributed by atoms with Crippen molar-refractivity contribution in [1.82, 2.24) is 0 Å². The van der Waals surface area contributed by atoms with Crippen LogP contribution >= 0.6 is 11.6 Å². The standard InChI is InChI=1S/C17H19ClO2/c1-3-8-20-16-7-5-4-6-15(16)17(19)13-9-12(2)10-14(18)11-13/h4-7,9-11,17,19H,3,8H2,1-2H3. The van der Waals surface area contributed by atoms with Gasteiger partial charge in [-0.15, -0.1) is 0 Å². The fraction of sp³-hybridized carbons (Fsp3) is 0.294. The average molecular weight is 291 g/mol. The molecule has 1 atom stereocenters. The quantitative estimate of drug-likeness (QED) is 0.877. The van der Waals surface area contributed by atoms with Crippen molar-refractivity contribution in [3.8, 4) is 5.75 Å². The molecule has 0 aliphatic heterocycles. The molecule has 0 radical (unpaired) electrons. The molecule has 20 heavy (non-hydrogen) atoms. The zero-order valence-electron chi connectivity index (χ0n) is 11.8. The Kier molecular flexibility index (Phi) is 5.05. The minimum absolute atomic E-state index is 0.631. The molecule has 2 aromatic carbocycles. The van der Waals surface area contributed by atoms with Gasteiger partial charge in [0.15, 0.2) is 0 Å². The molecule has 0 aliphatic rings. The molecule has 0 saturated heterocycles. The maximum absolute atomic E-state index is 10.6. The van der Waals surface area contributed by atoms with Crippen LogP contribution in [0.15, 0.2) is 42.5 Å². The lowest BCUT2D eigenvalue weighted by atomic mass is 9.99. The highest BCUT2D eigenvalue weighted by atomic mass is 35.5. The normalized spacial score (nSPS) is 12.2. The van der Waals surface area contributed by atoms with Gasteiger partial charge >= 0.3 is 0 Å². The number of hydrogen-bond donors (Lipinski definition) is 1. The zero-order chi connectivity index (χ0) is 14.5. The monoisotopic (exact) mass is 290 g/mol. The fourth-order valence-electron chi connectivity index (χ4n) is 2.15. The van der Waals surface area contributed by atoms with E-state index in [0.29, 0.717) is 11.6 Å². The number of aliphatic hydroxyl groups is 1. The Morgan fingerprint density at radius 3 is 2.65 bits per heavy atom. The van der Waals surface area contributed by atoms with Crippen molar-refractivity contribution in [2.45, 2.75) is 26.4 Å². The number of hydrogen-bond acceptors (Lipinski definition) is 2. The van der Waals surface area contributed by atoms with E-state index < -0.39 is 6.10 Å². The third-order valence-corrected chi connectivity index (χ3v) is 3.27. The molecule has 2 nitrogen and oxygen atoms in total. The molecule has 0 bridgehead atoms. The molecule has 0 fully saturated rings. The number of benzene rings is 2. The van der Waals surface area contributed by atoms with Gasteiger partial charge in [0.05, 0.1) is 6.61 Å². The van der Waals surface area contributed by atoms with Gasteiger partial charge in [-0.3, -0.25) is 0 Å². The molecule has 2 aromatic rings. The second kappa shape index (κ2) is 6.78. The summed E-state index contributed by atoms with van der Waals surface area (Å²) in [5, 5.41) is 11.2. The molecule has 0 spiro atoms. The summed E-state index contributed by atoms with van der Waals surface area (Å²) in [5.41, 5.74) is 2.57. The highest BCUT2D eigenvalue weighted by Crippen LogP contribution is 2.31. The molecule has 1 N–H and O–H groups in total. The van der Waals surface area contributed by atoms with Crippen LogP contribution in [0.2, 0.25) is 5.02 Å². The van der Waals surface area contributed by atoms with Crippen molar-refractivity contribution < 1.29 is 9.84 Å². The zero-order valence-corrected chi connectivity index (χ0v) is 12.5. The van der Waals surface area contributed by atoms with Gasteiger partial charge in [-0.25, -0.2) is 0 Å². The smallest absolute Gasteiger partial charge is 0.125 e. The van der Waals surface area contributed by atoms with Gasteiger partial charge in [0, 0.05) is 10.6 Å². The lowest BCUT2D eigenvalue weighted by Crippen LogP contribution is -2.05. The minimum Gasteiger partial charge on any atom is -0.493 e. The lowest BCUT2D eigenvalue weighted by Gasteiger charge is -2.17. The first-order chi connectivity index (χ1) is 9.61. The number of aliphatic hydroxyl groups excluding tert-OH is 1. The highest BCUT2D eigenvalue weighted by Gasteiger charge is 2.16. The van der Waals surface area contributed by atoms with Gasteiger partial charge in [-0.2, -0.15) is 0 Å². The predicted molar refractivity (Wildman–Crippen MR) is 82.5 cm³/mol. The van der Waals surface area contributed by atoms with E-state index in [-0.39, 0.29) is 0 Å². The van der Waals surface area contributed by atoms with Gasteiger partial charge in [0.25, 0.3) is 0 Å². The summed E-state index contributed by atoms with van der Waals surface area (Å²) in [6, 6.07) is 13.2. The van der Waals surface area contributed by atoms with Gasteiger partial charge in [-0.1, -0.05) is 42.8 Å². The molecule has 3 heteroatoms. The van der Waals surface area contributed by atoms with Crippen molar-refractivity contribution in [1.29, 1.82) is 0 Å². The van der Waals surface area contributed by atoms with Crippen LogP contribution in [0.25, 0.3) is 0 Å². The third kappa shape index (κ3) is 3.53. The summed E-state index contributed by atoms with van der Waals surface area (Å²) >= 11 is 6.06. The van der Waals surface area contributed by atoms with Crippen LogP contribution in [-0.4, -0.2) is 11.7 Å². The van der Waals surface area contributed by atoms with Crippen LogP contribution in [0.1, 0.15) is 36.1 Å². The second-order valence-electron chi connectivity index (χ2n) is 4.85. The van der Waals surface area contributed by atoms with Gasteiger partial charge < -0.3 is 9.84 Å². The Hall–Kier alpha value is -1.51. The summed E-state index contributed by atoms with van der Waals surface area (Å²) in [6.07, 6.45) is 0.196. The summed E-state index contributed by atoms with van der Waals surface area (Å²) in [5.74, 6) is 0.722. The molecule has 106 valence electrons. The Morgan fingerprint density at radius 1 is 1.20 bits per heavy atom. The van der Waals surface area contributed by atoms with Crippen LogP contribution in [0.4, 0.5) is 0 Å². The predicted octanol–water partition coefficient (Wildman–Crippen LogP) is 4.52. The van der Waals surface area contributed by atoms with Crippen molar-refractivity contribution in [3.05, 3.63) is 64.2 Å². The van der Waals surface area contributed by atoms with E-state index >= 15 is 0 Å². The van der Waals surface area contributed by atoms with E-state index in [9.17, 15) is 5.11 Å². The SMILES string of the molecule is CCCOc1ccccc1C(O)c1cc(C)cc(Cl)c1. The molecule has 2 rings (SSSR count). The Morgan fingerprint density at radius 2 is 1.95 bits per heavy atom. The Labute approximate surface area is 125 Å². The van der Waals surface area contributed by atoms with E-state index in [2.05, 4.69) is 6.92 Å². The Balaban J connectivity index is 2.34. The Bertz CT molecular complexity index is 561. The first-order valence-electron chi connectivity index (χ1n) is 6.78.